The molecular weight excluding hydrogens is 223 g/mol. The quantitative estimate of drug-likeness (QED) is 0.795. The number of amides is 1. The smallest absolute Gasteiger partial charge is 0.270 e. The number of carbonyl (C=O) groups is 1. The predicted molar refractivity (Wildman–Crippen MR) is 60.1 cm³/mol. The van der Waals surface area contributed by atoms with Gasteiger partial charge in [0.25, 0.3) is 5.91 Å². The van der Waals surface area contributed by atoms with Crippen molar-refractivity contribution in [2.45, 2.75) is 31.9 Å². The van der Waals surface area contributed by atoms with Crippen LogP contribution in [0.3, 0.4) is 0 Å². The average Bonchev–Trinajstić information content (AvgIpc) is 2.59. The second kappa shape index (κ2) is 4.41. The Hall–Kier alpha value is -1.49. The molecule has 1 aromatic heterocycles. The van der Waals surface area contributed by atoms with Crippen molar-refractivity contribution in [2.24, 2.45) is 0 Å². The van der Waals surface area contributed by atoms with Gasteiger partial charge in [0, 0.05) is 6.61 Å². The summed E-state index contributed by atoms with van der Waals surface area (Å²) in [5.74, 6) is -1.03. The van der Waals surface area contributed by atoms with Crippen molar-refractivity contribution in [3.05, 3.63) is 29.8 Å². The van der Waals surface area contributed by atoms with Gasteiger partial charge in [-0.05, 0) is 32.4 Å². The van der Waals surface area contributed by atoms with Gasteiger partial charge in [-0.1, -0.05) is 6.07 Å². The molecule has 0 bridgehead atoms. The molecule has 5 heteroatoms. The van der Waals surface area contributed by atoms with Crippen molar-refractivity contribution in [2.75, 3.05) is 6.61 Å². The summed E-state index contributed by atoms with van der Waals surface area (Å²) in [5, 5.41) is 2.86. The molecular formula is C12H15FN2O2. The van der Waals surface area contributed by atoms with Gasteiger partial charge in [-0.25, -0.2) is 4.98 Å². The third-order valence-electron chi connectivity index (χ3n) is 3.23. The van der Waals surface area contributed by atoms with E-state index in [4.69, 9.17) is 4.74 Å². The second-order valence-electron chi connectivity index (χ2n) is 4.48. The van der Waals surface area contributed by atoms with E-state index in [1.807, 2.05) is 13.8 Å². The lowest BCUT2D eigenvalue weighted by atomic mass is 9.94. The van der Waals surface area contributed by atoms with Crippen LogP contribution in [0.15, 0.2) is 18.2 Å². The zero-order valence-electron chi connectivity index (χ0n) is 9.87. The van der Waals surface area contributed by atoms with Crippen molar-refractivity contribution in [3.8, 4) is 0 Å². The Bertz CT molecular complexity index is 438. The number of halogens is 1. The fourth-order valence-corrected chi connectivity index (χ4v) is 1.86. The van der Waals surface area contributed by atoms with Crippen LogP contribution in [0.2, 0.25) is 0 Å². The molecule has 1 saturated heterocycles. The molecule has 0 aliphatic carbocycles. The molecule has 92 valence electrons. The maximum Gasteiger partial charge on any atom is 0.270 e. The number of ether oxygens (including phenoxy) is 1. The lowest BCUT2D eigenvalue weighted by Crippen LogP contribution is -2.50. The zero-order valence-corrected chi connectivity index (χ0v) is 9.87. The normalized spacial score (nSPS) is 28.1. The number of aromatic nitrogens is 1. The lowest BCUT2D eigenvalue weighted by molar-refractivity contribution is 0.0723. The standard InChI is InChI=1S/C12H15FN2O2/c1-8-12(2,6-7-17-8)15-11(16)9-4-3-5-10(13)14-9/h3-5,8H,6-7H2,1-2H3,(H,15,16). The second-order valence-corrected chi connectivity index (χ2v) is 4.48. The number of hydrogen-bond donors (Lipinski definition) is 1. The molecule has 2 unspecified atom stereocenters. The number of pyridine rings is 1. The molecule has 4 nitrogen and oxygen atoms in total. The highest BCUT2D eigenvalue weighted by atomic mass is 19.1. The zero-order chi connectivity index (χ0) is 12.5. The molecule has 1 aliphatic heterocycles. The van der Waals surface area contributed by atoms with Crippen LogP contribution in [0, 0.1) is 5.95 Å². The molecule has 1 aromatic rings. The molecule has 17 heavy (non-hydrogen) atoms. The predicted octanol–water partition coefficient (Wildman–Crippen LogP) is 1.52. The summed E-state index contributed by atoms with van der Waals surface area (Å²) >= 11 is 0. The van der Waals surface area contributed by atoms with Gasteiger partial charge < -0.3 is 10.1 Å². The molecule has 2 atom stereocenters. The highest BCUT2D eigenvalue weighted by Gasteiger charge is 2.38. The van der Waals surface area contributed by atoms with Gasteiger partial charge in [0.15, 0.2) is 0 Å². The maximum absolute atomic E-state index is 12.9. The van der Waals surface area contributed by atoms with Crippen LogP contribution in [-0.4, -0.2) is 29.1 Å². The monoisotopic (exact) mass is 238 g/mol. The van der Waals surface area contributed by atoms with E-state index in [1.165, 1.54) is 18.2 Å². The Morgan fingerprint density at radius 1 is 1.65 bits per heavy atom. The molecule has 1 amide bonds. The van der Waals surface area contributed by atoms with Gasteiger partial charge in [-0.3, -0.25) is 4.79 Å². The first-order chi connectivity index (χ1) is 8.01. The van der Waals surface area contributed by atoms with E-state index in [-0.39, 0.29) is 17.7 Å². The summed E-state index contributed by atoms with van der Waals surface area (Å²) in [7, 11) is 0. The molecule has 0 spiro atoms. The van der Waals surface area contributed by atoms with Crippen LogP contribution >= 0.6 is 0 Å². The van der Waals surface area contributed by atoms with Gasteiger partial charge in [0.1, 0.15) is 5.69 Å². The summed E-state index contributed by atoms with van der Waals surface area (Å²) in [4.78, 5) is 15.5. The van der Waals surface area contributed by atoms with Crippen LogP contribution in [0.1, 0.15) is 30.8 Å². The highest BCUT2D eigenvalue weighted by Crippen LogP contribution is 2.25. The first-order valence-corrected chi connectivity index (χ1v) is 5.58. The van der Waals surface area contributed by atoms with E-state index in [2.05, 4.69) is 10.3 Å². The summed E-state index contributed by atoms with van der Waals surface area (Å²) in [6, 6.07) is 4.16. The Balaban J connectivity index is 2.12. The van der Waals surface area contributed by atoms with E-state index in [1.54, 1.807) is 0 Å². The summed E-state index contributed by atoms with van der Waals surface area (Å²) in [6.07, 6.45) is 0.690. The van der Waals surface area contributed by atoms with Gasteiger partial charge in [-0.2, -0.15) is 4.39 Å². The van der Waals surface area contributed by atoms with Crippen molar-refractivity contribution in [1.82, 2.24) is 10.3 Å². The minimum absolute atomic E-state index is 0.0555. The molecule has 0 aromatic carbocycles. The number of nitrogens with one attached hydrogen (secondary N) is 1. The van der Waals surface area contributed by atoms with E-state index >= 15 is 0 Å². The minimum atomic E-state index is -0.654. The number of nitrogens with zero attached hydrogens (tertiary/aromatic N) is 1. The molecule has 0 radical (unpaired) electrons. The third kappa shape index (κ3) is 2.44. The van der Waals surface area contributed by atoms with Crippen LogP contribution < -0.4 is 5.32 Å². The molecule has 1 aliphatic rings. The first kappa shape index (κ1) is 12.0. The molecule has 2 heterocycles. The maximum atomic E-state index is 12.9. The molecule has 1 fully saturated rings. The topological polar surface area (TPSA) is 51.2 Å². The summed E-state index contributed by atoms with van der Waals surface area (Å²) < 4.78 is 18.3. The van der Waals surface area contributed by atoms with E-state index in [9.17, 15) is 9.18 Å². The molecule has 2 rings (SSSR count). The SMILES string of the molecule is CC1OCCC1(C)NC(=O)c1cccc(F)n1. The van der Waals surface area contributed by atoms with Gasteiger partial charge in [-0.15, -0.1) is 0 Å². The van der Waals surface area contributed by atoms with E-state index in [0.717, 1.165) is 6.42 Å². The average molecular weight is 238 g/mol. The number of carbonyl (C=O) groups excluding carboxylic acids is 1. The van der Waals surface area contributed by atoms with Crippen LogP contribution in [-0.2, 0) is 4.74 Å². The molecule has 0 saturated carbocycles. The van der Waals surface area contributed by atoms with Crippen LogP contribution in [0.5, 0.6) is 0 Å². The fourth-order valence-electron chi connectivity index (χ4n) is 1.86. The van der Waals surface area contributed by atoms with Gasteiger partial charge in [0.05, 0.1) is 11.6 Å². The number of rotatable bonds is 2. The minimum Gasteiger partial charge on any atom is -0.376 e. The summed E-state index contributed by atoms with van der Waals surface area (Å²) in [5.41, 5.74) is -0.323. The Morgan fingerprint density at radius 3 is 3.00 bits per heavy atom. The van der Waals surface area contributed by atoms with Gasteiger partial charge in [0.2, 0.25) is 5.95 Å². The van der Waals surface area contributed by atoms with Crippen LogP contribution in [0.25, 0.3) is 0 Å². The lowest BCUT2D eigenvalue weighted by Gasteiger charge is -2.28. The third-order valence-corrected chi connectivity index (χ3v) is 3.23. The Labute approximate surface area is 99.2 Å². The van der Waals surface area contributed by atoms with Crippen molar-refractivity contribution >= 4 is 5.91 Å². The Kier molecular flexibility index (Phi) is 3.11. The highest BCUT2D eigenvalue weighted by molar-refractivity contribution is 5.92. The van der Waals surface area contributed by atoms with E-state index < -0.39 is 11.5 Å². The first-order valence-electron chi connectivity index (χ1n) is 5.58. The largest absolute Gasteiger partial charge is 0.376 e. The van der Waals surface area contributed by atoms with E-state index in [0.29, 0.717) is 6.61 Å². The Morgan fingerprint density at radius 2 is 2.41 bits per heavy atom. The van der Waals surface area contributed by atoms with Crippen LogP contribution in [0.4, 0.5) is 4.39 Å². The number of hydrogen-bond acceptors (Lipinski definition) is 3. The summed E-state index contributed by atoms with van der Waals surface area (Å²) in [6.45, 7) is 4.45. The molecule has 1 N–H and O–H groups in total. The van der Waals surface area contributed by atoms with Crippen molar-refractivity contribution in [3.63, 3.8) is 0 Å². The van der Waals surface area contributed by atoms with Gasteiger partial charge >= 0.3 is 0 Å². The fraction of sp³-hybridized carbons (Fsp3) is 0.500. The van der Waals surface area contributed by atoms with Crippen molar-refractivity contribution in [1.29, 1.82) is 0 Å². The van der Waals surface area contributed by atoms with Crippen molar-refractivity contribution < 1.29 is 13.9 Å².